The topological polar surface area (TPSA) is 74.7 Å². The number of ether oxygens (including phenoxy) is 1. The molecular weight excluding hydrogens is 318 g/mol. The Bertz CT molecular complexity index is 546. The maximum absolute atomic E-state index is 12.5. The van der Waals surface area contributed by atoms with E-state index in [1.165, 1.54) is 5.56 Å². The second-order valence-electron chi connectivity index (χ2n) is 7.27. The van der Waals surface area contributed by atoms with Crippen molar-refractivity contribution in [1.29, 1.82) is 0 Å². The molecule has 25 heavy (non-hydrogen) atoms. The van der Waals surface area contributed by atoms with Gasteiger partial charge in [0.25, 0.3) is 0 Å². The highest BCUT2D eigenvalue weighted by molar-refractivity contribution is 5.79. The van der Waals surface area contributed by atoms with Crippen molar-refractivity contribution in [2.75, 3.05) is 20.2 Å². The van der Waals surface area contributed by atoms with Crippen LogP contribution < -0.4 is 5.32 Å². The van der Waals surface area contributed by atoms with E-state index in [4.69, 9.17) is 4.74 Å². The Hall–Kier alpha value is -1.50. The summed E-state index contributed by atoms with van der Waals surface area (Å²) < 4.78 is 5.30. The smallest absolute Gasteiger partial charge is 0.223 e. The number of nitrogens with one attached hydrogen (secondary N) is 1. The van der Waals surface area contributed by atoms with E-state index >= 15 is 0 Å². The van der Waals surface area contributed by atoms with Crippen molar-refractivity contribution < 1.29 is 14.6 Å². The lowest BCUT2D eigenvalue weighted by Gasteiger charge is -2.35. The van der Waals surface area contributed by atoms with Crippen LogP contribution in [0.2, 0.25) is 0 Å². The number of hydrogen-bond acceptors (Lipinski definition) is 5. The van der Waals surface area contributed by atoms with E-state index < -0.39 is 6.10 Å². The van der Waals surface area contributed by atoms with E-state index in [2.05, 4.69) is 21.3 Å². The van der Waals surface area contributed by atoms with Gasteiger partial charge in [-0.1, -0.05) is 6.07 Å². The third-order valence-electron chi connectivity index (χ3n) is 5.49. The molecule has 138 valence electrons. The Morgan fingerprint density at radius 2 is 2.16 bits per heavy atom. The van der Waals surface area contributed by atoms with E-state index in [-0.39, 0.29) is 24.0 Å². The van der Waals surface area contributed by atoms with Crippen molar-refractivity contribution in [2.45, 2.75) is 56.9 Å². The van der Waals surface area contributed by atoms with Gasteiger partial charge in [-0.05, 0) is 43.7 Å². The molecule has 0 bridgehead atoms. The molecule has 1 aromatic rings. The zero-order valence-electron chi connectivity index (χ0n) is 14.9. The highest BCUT2D eigenvalue weighted by atomic mass is 16.5. The Morgan fingerprint density at radius 3 is 2.84 bits per heavy atom. The minimum Gasteiger partial charge on any atom is -0.390 e. The number of hydrogen-bond donors (Lipinski definition) is 2. The first kappa shape index (κ1) is 18.3. The van der Waals surface area contributed by atoms with E-state index in [1.807, 2.05) is 12.3 Å². The van der Waals surface area contributed by atoms with Crippen molar-refractivity contribution in [3.05, 3.63) is 30.1 Å². The van der Waals surface area contributed by atoms with Crippen molar-refractivity contribution >= 4 is 5.91 Å². The second kappa shape index (κ2) is 8.74. The van der Waals surface area contributed by atoms with Crippen LogP contribution in [0.3, 0.4) is 0 Å². The summed E-state index contributed by atoms with van der Waals surface area (Å²) in [5, 5.41) is 13.1. The van der Waals surface area contributed by atoms with E-state index in [0.717, 1.165) is 38.9 Å². The van der Waals surface area contributed by atoms with Gasteiger partial charge in [-0.2, -0.15) is 0 Å². The highest BCUT2D eigenvalue weighted by Crippen LogP contribution is 2.27. The molecule has 1 saturated carbocycles. The minimum atomic E-state index is -0.440. The van der Waals surface area contributed by atoms with Gasteiger partial charge in [0, 0.05) is 51.1 Å². The Morgan fingerprint density at radius 1 is 1.36 bits per heavy atom. The summed E-state index contributed by atoms with van der Waals surface area (Å²) in [5.41, 5.74) is 1.23. The van der Waals surface area contributed by atoms with Gasteiger partial charge in [0.15, 0.2) is 0 Å². The largest absolute Gasteiger partial charge is 0.390 e. The number of piperidine rings is 1. The van der Waals surface area contributed by atoms with Gasteiger partial charge in [-0.15, -0.1) is 0 Å². The predicted octanol–water partition coefficient (Wildman–Crippen LogP) is 1.34. The Labute approximate surface area is 149 Å². The molecule has 2 fully saturated rings. The number of amides is 1. The van der Waals surface area contributed by atoms with Crippen LogP contribution in [-0.4, -0.2) is 59.3 Å². The van der Waals surface area contributed by atoms with Crippen LogP contribution in [0.15, 0.2) is 24.5 Å². The lowest BCUT2D eigenvalue weighted by molar-refractivity contribution is -0.131. The number of nitrogens with zero attached hydrogens (tertiary/aromatic N) is 2. The molecule has 1 aromatic heterocycles. The van der Waals surface area contributed by atoms with Crippen LogP contribution in [0.4, 0.5) is 0 Å². The first-order chi connectivity index (χ1) is 12.2. The number of likely N-dealkylation sites (tertiary alicyclic amines) is 1. The minimum absolute atomic E-state index is 0.0400. The van der Waals surface area contributed by atoms with Crippen LogP contribution in [0.5, 0.6) is 0 Å². The number of aliphatic hydroxyl groups excluding tert-OH is 1. The molecule has 3 rings (SSSR count). The van der Waals surface area contributed by atoms with Crippen LogP contribution in [0, 0.1) is 5.92 Å². The molecule has 1 aliphatic carbocycles. The fraction of sp³-hybridized carbons (Fsp3) is 0.684. The molecule has 3 atom stereocenters. The van der Waals surface area contributed by atoms with Gasteiger partial charge in [0.05, 0.1) is 12.2 Å². The molecule has 0 spiro atoms. The molecule has 2 N–H and O–H groups in total. The Balaban J connectivity index is 1.42. The summed E-state index contributed by atoms with van der Waals surface area (Å²) in [6, 6.07) is 4.33. The number of aromatic nitrogens is 1. The van der Waals surface area contributed by atoms with Gasteiger partial charge in [-0.25, -0.2) is 0 Å². The molecular formula is C19H29N3O3. The van der Waals surface area contributed by atoms with Gasteiger partial charge in [-0.3, -0.25) is 14.7 Å². The SMILES string of the molecule is CO[C@@H]1C[C@H](C(=O)NC2CCN(Cc3cccnc3)CC2)CC[C@@H]1O. The summed E-state index contributed by atoms with van der Waals surface area (Å²) in [7, 11) is 1.60. The number of rotatable bonds is 5. The van der Waals surface area contributed by atoms with E-state index in [1.54, 1.807) is 13.3 Å². The average molecular weight is 347 g/mol. The number of carbonyl (C=O) groups excluding carboxylic acids is 1. The first-order valence-corrected chi connectivity index (χ1v) is 9.28. The van der Waals surface area contributed by atoms with Crippen molar-refractivity contribution in [1.82, 2.24) is 15.2 Å². The molecule has 1 aliphatic heterocycles. The number of methoxy groups -OCH3 is 1. The van der Waals surface area contributed by atoms with Crippen LogP contribution in [-0.2, 0) is 16.1 Å². The third kappa shape index (κ3) is 5.00. The van der Waals surface area contributed by atoms with Gasteiger partial charge in [0.1, 0.15) is 0 Å². The highest BCUT2D eigenvalue weighted by Gasteiger charge is 2.34. The first-order valence-electron chi connectivity index (χ1n) is 9.28. The van der Waals surface area contributed by atoms with Gasteiger partial charge >= 0.3 is 0 Å². The van der Waals surface area contributed by atoms with Crippen molar-refractivity contribution in [2.24, 2.45) is 5.92 Å². The number of pyridine rings is 1. The lowest BCUT2D eigenvalue weighted by atomic mass is 9.84. The van der Waals surface area contributed by atoms with E-state index in [9.17, 15) is 9.90 Å². The standard InChI is InChI=1S/C19H29N3O3/c1-25-18-11-15(4-5-17(18)23)19(24)21-16-6-9-22(10-7-16)13-14-3-2-8-20-12-14/h2-3,8,12,15-18,23H,4-7,9-11,13H2,1H3,(H,21,24)/t15-,17+,18-/m1/s1. The molecule has 6 nitrogen and oxygen atoms in total. The third-order valence-corrected chi connectivity index (χ3v) is 5.49. The summed E-state index contributed by atoms with van der Waals surface area (Å²) in [4.78, 5) is 19.1. The molecule has 1 saturated heterocycles. The summed E-state index contributed by atoms with van der Waals surface area (Å²) in [5.74, 6) is 0.0847. The second-order valence-corrected chi connectivity index (χ2v) is 7.27. The fourth-order valence-corrected chi connectivity index (χ4v) is 3.91. The quantitative estimate of drug-likeness (QED) is 0.841. The molecule has 0 radical (unpaired) electrons. The lowest BCUT2D eigenvalue weighted by Crippen LogP contribution is -2.48. The van der Waals surface area contributed by atoms with Crippen LogP contribution in [0.25, 0.3) is 0 Å². The van der Waals surface area contributed by atoms with Gasteiger partial charge < -0.3 is 15.2 Å². The zero-order valence-corrected chi connectivity index (χ0v) is 14.9. The zero-order chi connectivity index (χ0) is 17.6. The predicted molar refractivity (Wildman–Crippen MR) is 94.8 cm³/mol. The molecule has 0 unspecified atom stereocenters. The van der Waals surface area contributed by atoms with Crippen LogP contribution in [0.1, 0.15) is 37.7 Å². The monoisotopic (exact) mass is 347 g/mol. The molecule has 0 aromatic carbocycles. The summed E-state index contributed by atoms with van der Waals surface area (Å²) >= 11 is 0. The Kier molecular flexibility index (Phi) is 6.39. The average Bonchev–Trinajstić information content (AvgIpc) is 2.64. The van der Waals surface area contributed by atoms with Crippen molar-refractivity contribution in [3.8, 4) is 0 Å². The van der Waals surface area contributed by atoms with E-state index in [0.29, 0.717) is 12.8 Å². The molecule has 2 heterocycles. The normalized spacial score (nSPS) is 28.6. The van der Waals surface area contributed by atoms with Crippen LogP contribution >= 0.6 is 0 Å². The fourth-order valence-electron chi connectivity index (χ4n) is 3.91. The molecule has 1 amide bonds. The van der Waals surface area contributed by atoms with Gasteiger partial charge in [0.2, 0.25) is 5.91 Å². The van der Waals surface area contributed by atoms with Crippen molar-refractivity contribution in [3.63, 3.8) is 0 Å². The summed E-state index contributed by atoms with van der Waals surface area (Å²) in [6.45, 7) is 2.90. The maximum Gasteiger partial charge on any atom is 0.223 e. The molecule has 2 aliphatic rings. The maximum atomic E-state index is 12.5. The number of aliphatic hydroxyl groups is 1. The summed E-state index contributed by atoms with van der Waals surface area (Å²) in [6.07, 6.45) is 7.01. The molecule has 6 heteroatoms. The number of carbonyl (C=O) groups is 1.